The minimum absolute atomic E-state index is 0.0795. The van der Waals surface area contributed by atoms with Crippen LogP contribution in [-0.2, 0) is 23.8 Å². The number of esters is 1. The molecular formula is C29H45NO10. The Labute approximate surface area is 236 Å². The van der Waals surface area contributed by atoms with Crippen LogP contribution in [0.4, 0.5) is 9.59 Å². The van der Waals surface area contributed by atoms with Crippen LogP contribution in [0.1, 0.15) is 92.1 Å². The smallest absolute Gasteiger partial charge is 0.480 e. The molecule has 3 N–H and O–H groups in total. The summed E-state index contributed by atoms with van der Waals surface area (Å²) >= 11 is 0. The zero-order valence-corrected chi connectivity index (χ0v) is 24.6. The van der Waals surface area contributed by atoms with Gasteiger partial charge in [0.25, 0.3) is 0 Å². The first-order chi connectivity index (χ1) is 18.8. The van der Waals surface area contributed by atoms with E-state index in [4.69, 9.17) is 29.4 Å². The van der Waals surface area contributed by atoms with Crippen molar-refractivity contribution in [1.29, 1.82) is 0 Å². The van der Waals surface area contributed by atoms with E-state index in [1.165, 1.54) is 18.2 Å². The first kappa shape index (κ1) is 34.7. The molecular weight excluding hydrogens is 522 g/mol. The first-order valence-electron chi connectivity index (χ1n) is 13.8. The molecule has 0 saturated heterocycles. The summed E-state index contributed by atoms with van der Waals surface area (Å²) in [4.78, 5) is 48.9. The standard InChI is InChI=1S/C29H45NO10/c1-8-10-19(6)37-28(34)39-22-13-12-21(15-23(22)40-29(35)38-20(7)11-9-2)25(26(30)27(32)33)18(5)16-36-24(31)14-17(3)4/h12-13,15,17-20,25-26H,8-11,14,16,30H2,1-7H3,(H,32,33)/t18?,19?,20?,25?,26-/m0/s1. The van der Waals surface area contributed by atoms with Crippen LogP contribution in [-0.4, -0.2) is 54.2 Å². The lowest BCUT2D eigenvalue weighted by atomic mass is 9.82. The van der Waals surface area contributed by atoms with E-state index in [0.29, 0.717) is 18.4 Å². The molecule has 0 aliphatic rings. The number of hydrogen-bond donors (Lipinski definition) is 2. The number of benzene rings is 1. The second-order valence-electron chi connectivity index (χ2n) is 10.5. The van der Waals surface area contributed by atoms with Crippen molar-refractivity contribution in [3.63, 3.8) is 0 Å². The number of ether oxygens (including phenoxy) is 5. The van der Waals surface area contributed by atoms with Crippen molar-refractivity contribution >= 4 is 24.2 Å². The third-order valence-corrected chi connectivity index (χ3v) is 6.09. The van der Waals surface area contributed by atoms with Gasteiger partial charge in [-0.15, -0.1) is 0 Å². The summed E-state index contributed by atoms with van der Waals surface area (Å²) in [5, 5.41) is 9.70. The third kappa shape index (κ3) is 12.2. The first-order valence-corrected chi connectivity index (χ1v) is 13.8. The van der Waals surface area contributed by atoms with Gasteiger partial charge < -0.3 is 34.5 Å². The fraction of sp³-hybridized carbons (Fsp3) is 0.655. The van der Waals surface area contributed by atoms with Gasteiger partial charge in [0.15, 0.2) is 11.5 Å². The molecule has 0 radical (unpaired) electrons. The molecule has 0 fully saturated rings. The van der Waals surface area contributed by atoms with E-state index in [9.17, 15) is 24.3 Å². The maximum Gasteiger partial charge on any atom is 0.514 e. The van der Waals surface area contributed by atoms with Gasteiger partial charge in [-0.05, 0) is 56.2 Å². The Kier molecular flexibility index (Phi) is 15.1. The predicted molar refractivity (Wildman–Crippen MR) is 147 cm³/mol. The third-order valence-electron chi connectivity index (χ3n) is 6.09. The Morgan fingerprint density at radius 2 is 1.38 bits per heavy atom. The molecule has 1 rings (SSSR count). The summed E-state index contributed by atoms with van der Waals surface area (Å²) in [5.41, 5.74) is 6.42. The van der Waals surface area contributed by atoms with E-state index in [2.05, 4.69) is 0 Å². The quantitative estimate of drug-likeness (QED) is 0.141. The van der Waals surface area contributed by atoms with Gasteiger partial charge in [-0.25, -0.2) is 9.59 Å². The topological polar surface area (TPSA) is 161 Å². The molecule has 0 aromatic heterocycles. The Bertz CT molecular complexity index is 980. The molecule has 11 heteroatoms. The second kappa shape index (κ2) is 17.4. The number of rotatable bonds is 16. The van der Waals surface area contributed by atoms with Crippen molar-refractivity contribution in [1.82, 2.24) is 0 Å². The maximum absolute atomic E-state index is 12.5. The molecule has 11 nitrogen and oxygen atoms in total. The number of carboxylic acids is 1. The normalized spacial score (nSPS) is 14.8. The van der Waals surface area contributed by atoms with Crippen molar-refractivity contribution in [2.75, 3.05) is 6.61 Å². The Morgan fingerprint density at radius 1 is 0.850 bits per heavy atom. The summed E-state index contributed by atoms with van der Waals surface area (Å²) in [6.07, 6.45) is 0.232. The maximum atomic E-state index is 12.5. The van der Waals surface area contributed by atoms with Gasteiger partial charge in [0.05, 0.1) is 6.61 Å². The monoisotopic (exact) mass is 567 g/mol. The SMILES string of the molecule is CCCC(C)OC(=O)Oc1ccc(C(C(C)COC(=O)CC(C)C)[C@H](N)C(=O)O)cc1OC(=O)OC(C)CCC. The zero-order valence-electron chi connectivity index (χ0n) is 24.6. The number of carbonyl (C=O) groups is 4. The van der Waals surface area contributed by atoms with Crippen LogP contribution in [0.2, 0.25) is 0 Å². The molecule has 0 aliphatic carbocycles. The van der Waals surface area contributed by atoms with Gasteiger partial charge in [0.1, 0.15) is 18.2 Å². The van der Waals surface area contributed by atoms with Gasteiger partial charge in [0.2, 0.25) is 0 Å². The molecule has 0 bridgehead atoms. The number of carboxylic acid groups (broad SMARTS) is 1. The number of hydrogen-bond acceptors (Lipinski definition) is 10. The lowest BCUT2D eigenvalue weighted by Crippen LogP contribution is -2.40. The lowest BCUT2D eigenvalue weighted by molar-refractivity contribution is -0.146. The fourth-order valence-corrected chi connectivity index (χ4v) is 4.15. The summed E-state index contributed by atoms with van der Waals surface area (Å²) in [7, 11) is 0. The summed E-state index contributed by atoms with van der Waals surface area (Å²) in [6, 6.07) is 2.85. The van der Waals surface area contributed by atoms with E-state index < -0.39 is 54.3 Å². The largest absolute Gasteiger partial charge is 0.514 e. The highest BCUT2D eigenvalue weighted by molar-refractivity contribution is 5.75. The average Bonchev–Trinajstić information content (AvgIpc) is 2.83. The highest BCUT2D eigenvalue weighted by Crippen LogP contribution is 2.36. The van der Waals surface area contributed by atoms with Gasteiger partial charge in [0, 0.05) is 12.3 Å². The molecule has 0 aliphatic heterocycles. The Morgan fingerprint density at radius 3 is 1.85 bits per heavy atom. The van der Waals surface area contributed by atoms with Crippen LogP contribution in [0.3, 0.4) is 0 Å². The molecule has 40 heavy (non-hydrogen) atoms. The van der Waals surface area contributed by atoms with Gasteiger partial charge in [-0.3, -0.25) is 9.59 Å². The molecule has 0 heterocycles. The van der Waals surface area contributed by atoms with Crippen LogP contribution < -0.4 is 15.2 Å². The van der Waals surface area contributed by atoms with Crippen LogP contribution >= 0.6 is 0 Å². The number of aliphatic carboxylic acids is 1. The molecule has 0 saturated carbocycles. The van der Waals surface area contributed by atoms with Crippen molar-refractivity contribution in [2.24, 2.45) is 17.6 Å². The van der Waals surface area contributed by atoms with Crippen LogP contribution in [0.15, 0.2) is 18.2 Å². The molecule has 1 aromatic carbocycles. The molecule has 226 valence electrons. The van der Waals surface area contributed by atoms with Gasteiger partial charge in [-0.2, -0.15) is 0 Å². The predicted octanol–water partition coefficient (Wildman–Crippen LogP) is 5.82. The van der Waals surface area contributed by atoms with E-state index >= 15 is 0 Å². The Balaban J connectivity index is 3.35. The molecule has 5 atom stereocenters. The summed E-state index contributed by atoms with van der Waals surface area (Å²) < 4.78 is 26.6. The number of nitrogens with two attached hydrogens (primary N) is 1. The number of carbonyl (C=O) groups excluding carboxylic acids is 3. The minimum atomic E-state index is -1.38. The highest BCUT2D eigenvalue weighted by Gasteiger charge is 2.33. The van der Waals surface area contributed by atoms with Crippen LogP contribution in [0.25, 0.3) is 0 Å². The van der Waals surface area contributed by atoms with E-state index in [1.54, 1.807) is 20.8 Å². The Hall–Kier alpha value is -3.34. The summed E-state index contributed by atoms with van der Waals surface area (Å²) in [5.74, 6) is -3.27. The van der Waals surface area contributed by atoms with Crippen molar-refractivity contribution in [3.05, 3.63) is 23.8 Å². The minimum Gasteiger partial charge on any atom is -0.480 e. The molecule has 4 unspecified atom stereocenters. The fourth-order valence-electron chi connectivity index (χ4n) is 4.15. The van der Waals surface area contributed by atoms with Gasteiger partial charge >= 0.3 is 24.2 Å². The van der Waals surface area contributed by atoms with Crippen molar-refractivity contribution in [2.45, 2.75) is 105 Å². The van der Waals surface area contributed by atoms with Crippen LogP contribution in [0, 0.1) is 11.8 Å². The van der Waals surface area contributed by atoms with Crippen molar-refractivity contribution < 1.29 is 48.0 Å². The molecule has 1 aromatic rings. The van der Waals surface area contributed by atoms with E-state index in [-0.39, 0.29) is 30.4 Å². The summed E-state index contributed by atoms with van der Waals surface area (Å²) in [6.45, 7) is 12.7. The average molecular weight is 568 g/mol. The van der Waals surface area contributed by atoms with E-state index in [1.807, 2.05) is 27.7 Å². The highest BCUT2D eigenvalue weighted by atomic mass is 16.7. The molecule has 0 amide bonds. The van der Waals surface area contributed by atoms with Crippen molar-refractivity contribution in [3.8, 4) is 11.5 Å². The van der Waals surface area contributed by atoms with E-state index in [0.717, 1.165) is 12.8 Å². The lowest BCUT2D eigenvalue weighted by Gasteiger charge is -2.28. The van der Waals surface area contributed by atoms with Gasteiger partial charge in [-0.1, -0.05) is 53.5 Å². The van der Waals surface area contributed by atoms with Crippen LogP contribution in [0.5, 0.6) is 11.5 Å². The zero-order chi connectivity index (χ0) is 30.4. The second-order valence-corrected chi connectivity index (χ2v) is 10.5. The molecule has 0 spiro atoms.